The molecule has 1 aliphatic rings. The minimum absolute atomic E-state index is 0. The van der Waals surface area contributed by atoms with Crippen molar-refractivity contribution in [1.29, 1.82) is 0 Å². The van der Waals surface area contributed by atoms with Gasteiger partial charge in [0.05, 0.1) is 0 Å². The Morgan fingerprint density at radius 2 is 1.61 bits per heavy atom. The van der Waals surface area contributed by atoms with Crippen molar-refractivity contribution >= 4 is 29.9 Å². The van der Waals surface area contributed by atoms with E-state index in [4.69, 9.17) is 0 Å². The van der Waals surface area contributed by atoms with Gasteiger partial charge in [-0.3, -0.25) is 4.99 Å². The minimum Gasteiger partial charge on any atom is -0.356 e. The first-order chi connectivity index (χ1) is 10.5. The van der Waals surface area contributed by atoms with E-state index in [0.717, 1.165) is 37.4 Å². The van der Waals surface area contributed by atoms with E-state index < -0.39 is 0 Å². The molecule has 0 radical (unpaired) electrons. The molecule has 0 aliphatic carbocycles. The van der Waals surface area contributed by atoms with Crippen LogP contribution in [0.15, 0.2) is 4.99 Å². The number of piperidine rings is 1. The molecule has 2 unspecified atom stereocenters. The standard InChI is InChI=1S/C18H38N4.HI/c1-16-13-17(2)15-22(14-16)18(19-3)20-11-9-7-6-8-10-12-21(4)5;/h16-17H,6-15H2,1-5H3,(H,19,20);1H. The molecule has 0 aromatic carbocycles. The number of rotatable bonds is 8. The zero-order chi connectivity index (χ0) is 16.4. The zero-order valence-electron chi connectivity index (χ0n) is 16.0. The fourth-order valence-electron chi connectivity index (χ4n) is 3.45. The van der Waals surface area contributed by atoms with Crippen molar-refractivity contribution in [3.8, 4) is 0 Å². The largest absolute Gasteiger partial charge is 0.356 e. The average molecular weight is 438 g/mol. The predicted molar refractivity (Wildman–Crippen MR) is 113 cm³/mol. The van der Waals surface area contributed by atoms with Gasteiger partial charge in [0.2, 0.25) is 0 Å². The summed E-state index contributed by atoms with van der Waals surface area (Å²) in [5.41, 5.74) is 0. The van der Waals surface area contributed by atoms with E-state index in [0.29, 0.717) is 0 Å². The highest BCUT2D eigenvalue weighted by Gasteiger charge is 2.23. The third-order valence-corrected chi connectivity index (χ3v) is 4.45. The fourth-order valence-corrected chi connectivity index (χ4v) is 3.45. The normalized spacial score (nSPS) is 22.2. The molecule has 2 atom stereocenters. The molecule has 0 bridgehead atoms. The van der Waals surface area contributed by atoms with Gasteiger partial charge in [-0.2, -0.15) is 0 Å². The van der Waals surface area contributed by atoms with E-state index in [1.54, 1.807) is 0 Å². The summed E-state index contributed by atoms with van der Waals surface area (Å²) in [5, 5.41) is 3.56. The second-order valence-electron chi connectivity index (χ2n) is 7.40. The van der Waals surface area contributed by atoms with Crippen molar-refractivity contribution in [3.05, 3.63) is 0 Å². The molecule has 5 heteroatoms. The number of hydrogen-bond acceptors (Lipinski definition) is 2. The van der Waals surface area contributed by atoms with Crippen LogP contribution < -0.4 is 5.32 Å². The van der Waals surface area contributed by atoms with Crippen molar-refractivity contribution in [2.24, 2.45) is 16.8 Å². The van der Waals surface area contributed by atoms with Gasteiger partial charge in [0.15, 0.2) is 5.96 Å². The number of nitrogens with zero attached hydrogens (tertiary/aromatic N) is 3. The lowest BCUT2D eigenvalue weighted by molar-refractivity contribution is 0.208. The van der Waals surface area contributed by atoms with Crippen LogP contribution in [0.4, 0.5) is 0 Å². The lowest BCUT2D eigenvalue weighted by Gasteiger charge is -2.37. The van der Waals surface area contributed by atoms with E-state index in [-0.39, 0.29) is 24.0 Å². The maximum Gasteiger partial charge on any atom is 0.193 e. The molecule has 1 rings (SSSR count). The van der Waals surface area contributed by atoms with Gasteiger partial charge in [0.25, 0.3) is 0 Å². The lowest BCUT2D eigenvalue weighted by Crippen LogP contribution is -2.48. The summed E-state index contributed by atoms with van der Waals surface area (Å²) >= 11 is 0. The first-order valence-electron chi connectivity index (χ1n) is 9.13. The zero-order valence-corrected chi connectivity index (χ0v) is 18.3. The first-order valence-corrected chi connectivity index (χ1v) is 9.13. The van der Waals surface area contributed by atoms with Crippen LogP contribution in [-0.4, -0.2) is 63.1 Å². The second-order valence-corrected chi connectivity index (χ2v) is 7.40. The Balaban J connectivity index is 0.00000484. The van der Waals surface area contributed by atoms with Crippen molar-refractivity contribution < 1.29 is 0 Å². The molecule has 1 saturated heterocycles. The summed E-state index contributed by atoms with van der Waals surface area (Å²) in [5.74, 6) is 2.66. The molecular weight excluding hydrogens is 399 g/mol. The smallest absolute Gasteiger partial charge is 0.193 e. The van der Waals surface area contributed by atoms with Gasteiger partial charge >= 0.3 is 0 Å². The first kappa shape index (κ1) is 23.0. The summed E-state index contributed by atoms with van der Waals surface area (Å²) in [4.78, 5) is 9.18. The summed E-state index contributed by atoms with van der Waals surface area (Å²) < 4.78 is 0. The lowest BCUT2D eigenvalue weighted by atomic mass is 9.92. The Kier molecular flexibility index (Phi) is 13.3. The van der Waals surface area contributed by atoms with Crippen LogP contribution >= 0.6 is 24.0 Å². The molecule has 1 fully saturated rings. The van der Waals surface area contributed by atoms with E-state index >= 15 is 0 Å². The second kappa shape index (κ2) is 13.3. The number of hydrogen-bond donors (Lipinski definition) is 1. The Labute approximate surface area is 161 Å². The Bertz CT molecular complexity index is 310. The monoisotopic (exact) mass is 438 g/mol. The van der Waals surface area contributed by atoms with E-state index in [2.05, 4.69) is 48.1 Å². The maximum absolute atomic E-state index is 4.47. The molecule has 0 aromatic heterocycles. The summed E-state index contributed by atoms with van der Waals surface area (Å²) in [6.45, 7) is 9.27. The van der Waals surface area contributed by atoms with Crippen LogP contribution in [0.3, 0.4) is 0 Å². The number of halogens is 1. The number of guanidine groups is 1. The number of unbranched alkanes of at least 4 members (excludes halogenated alkanes) is 4. The van der Waals surface area contributed by atoms with Crippen molar-refractivity contribution in [2.45, 2.75) is 52.4 Å². The maximum atomic E-state index is 4.47. The van der Waals surface area contributed by atoms with Gasteiger partial charge in [-0.15, -0.1) is 24.0 Å². The third kappa shape index (κ3) is 10.4. The minimum atomic E-state index is 0. The third-order valence-electron chi connectivity index (χ3n) is 4.45. The number of likely N-dealkylation sites (tertiary alicyclic amines) is 1. The van der Waals surface area contributed by atoms with Gasteiger partial charge in [0, 0.05) is 26.7 Å². The van der Waals surface area contributed by atoms with Gasteiger partial charge in [-0.25, -0.2) is 0 Å². The van der Waals surface area contributed by atoms with Crippen LogP contribution in [-0.2, 0) is 0 Å². The van der Waals surface area contributed by atoms with Crippen LogP contribution in [0.25, 0.3) is 0 Å². The van der Waals surface area contributed by atoms with Crippen molar-refractivity contribution in [3.63, 3.8) is 0 Å². The molecule has 1 heterocycles. The van der Waals surface area contributed by atoms with Gasteiger partial charge < -0.3 is 15.1 Å². The van der Waals surface area contributed by atoms with Gasteiger partial charge in [-0.05, 0) is 51.7 Å². The Morgan fingerprint density at radius 3 is 2.17 bits per heavy atom. The highest BCUT2D eigenvalue weighted by atomic mass is 127. The molecule has 0 spiro atoms. The highest BCUT2D eigenvalue weighted by Crippen LogP contribution is 2.20. The quantitative estimate of drug-likeness (QED) is 0.272. The van der Waals surface area contributed by atoms with Crippen LogP contribution in [0.5, 0.6) is 0 Å². The predicted octanol–water partition coefficient (Wildman–Crippen LogP) is 3.67. The molecule has 23 heavy (non-hydrogen) atoms. The summed E-state index contributed by atoms with van der Waals surface area (Å²) in [6.07, 6.45) is 7.95. The number of nitrogens with one attached hydrogen (secondary N) is 1. The highest BCUT2D eigenvalue weighted by molar-refractivity contribution is 14.0. The average Bonchev–Trinajstić information content (AvgIpc) is 2.44. The summed E-state index contributed by atoms with van der Waals surface area (Å²) in [6, 6.07) is 0. The van der Waals surface area contributed by atoms with Crippen molar-refractivity contribution in [2.75, 3.05) is 47.3 Å². The topological polar surface area (TPSA) is 30.9 Å². The molecule has 0 saturated carbocycles. The molecule has 1 aliphatic heterocycles. The molecule has 0 aromatic rings. The van der Waals surface area contributed by atoms with E-state index in [9.17, 15) is 0 Å². The molecule has 1 N–H and O–H groups in total. The van der Waals surface area contributed by atoms with E-state index in [1.807, 2.05) is 7.05 Å². The van der Waals surface area contributed by atoms with E-state index in [1.165, 1.54) is 45.1 Å². The SMILES string of the molecule is CN=C(NCCCCCCCN(C)C)N1CC(C)CC(C)C1.I. The summed E-state index contributed by atoms with van der Waals surface area (Å²) in [7, 11) is 6.21. The van der Waals surface area contributed by atoms with Gasteiger partial charge in [-0.1, -0.05) is 33.1 Å². The molecule has 138 valence electrons. The van der Waals surface area contributed by atoms with Crippen LogP contribution in [0, 0.1) is 11.8 Å². The van der Waals surface area contributed by atoms with Crippen molar-refractivity contribution in [1.82, 2.24) is 15.1 Å². The van der Waals surface area contributed by atoms with Gasteiger partial charge in [0.1, 0.15) is 0 Å². The molecule has 4 nitrogen and oxygen atoms in total. The Morgan fingerprint density at radius 1 is 1.04 bits per heavy atom. The Hall–Kier alpha value is -0.0400. The van der Waals surface area contributed by atoms with Crippen LogP contribution in [0.2, 0.25) is 0 Å². The molecular formula is C18H39IN4. The van der Waals surface area contributed by atoms with Crippen LogP contribution in [0.1, 0.15) is 52.4 Å². The molecule has 0 amide bonds. The fraction of sp³-hybridized carbons (Fsp3) is 0.944. The number of aliphatic imine (C=N–C) groups is 1.